The van der Waals surface area contributed by atoms with Gasteiger partial charge in [-0.3, -0.25) is 0 Å². The number of amides is 1. The number of anilines is 1. The van der Waals surface area contributed by atoms with Crippen LogP contribution >= 0.6 is 23.2 Å². The van der Waals surface area contributed by atoms with E-state index in [1.54, 1.807) is 0 Å². The first-order chi connectivity index (χ1) is 19.9. The number of benzene rings is 3. The van der Waals surface area contributed by atoms with Crippen LogP contribution in [0.4, 0.5) is 5.69 Å². The summed E-state index contributed by atoms with van der Waals surface area (Å²) in [6, 6.07) is 16.4. The molecule has 4 aromatic rings. The topological polar surface area (TPSA) is 54.0 Å². The van der Waals surface area contributed by atoms with Gasteiger partial charge in [-0.15, -0.1) is 0 Å². The van der Waals surface area contributed by atoms with Crippen LogP contribution in [0.25, 0.3) is 11.4 Å². The molecule has 3 aromatic carbocycles. The van der Waals surface area contributed by atoms with Gasteiger partial charge in [-0.2, -0.15) is 0 Å². The second kappa shape index (κ2) is 11.9. The maximum atomic E-state index is 14.8. The number of rotatable bonds is 6. The van der Waals surface area contributed by atoms with Crippen molar-refractivity contribution in [1.82, 2.24) is 9.13 Å². The number of hydrogen-bond donors (Lipinski definition) is 1. The predicted molar refractivity (Wildman–Crippen MR) is 169 cm³/mol. The summed E-state index contributed by atoms with van der Waals surface area (Å²) in [5.41, 5.74) is 10.7. The number of hydrogen-bond acceptors (Lipinski definition) is 2. The Morgan fingerprint density at radius 2 is 1.33 bits per heavy atom. The summed E-state index contributed by atoms with van der Waals surface area (Å²) < 4.78 is 6.53. The third kappa shape index (κ3) is 5.64. The van der Waals surface area contributed by atoms with Crippen molar-refractivity contribution >= 4 is 34.8 Å². The summed E-state index contributed by atoms with van der Waals surface area (Å²) >= 11 is 11.7. The molecule has 5 nitrogen and oxygen atoms in total. The van der Waals surface area contributed by atoms with E-state index in [9.17, 15) is 10.2 Å². The number of nitrogens with zero attached hydrogens (tertiary/aromatic N) is 3. The standard InChI is InChI=1S/C29H32N4O.C5H3Cl2.Ti/c1-17-8-10-24(11-9-17)31-28(34)25-16-32(26-20(4)12-18(2)13-21(26)5)29(30)33(25)27-22(6)14-19(3)15-23(27)7;6-4-2-1-3-5(4)7;/h8-16,30H,1-7H3,(H,31,34);2H,1H2;/q;;+1/p-1. The first-order valence-corrected chi connectivity index (χ1v) is 16.1. The van der Waals surface area contributed by atoms with E-state index in [0.29, 0.717) is 22.2 Å². The zero-order valence-corrected chi connectivity index (χ0v) is 28.1. The van der Waals surface area contributed by atoms with Gasteiger partial charge in [0.15, 0.2) is 0 Å². The molecule has 0 bridgehead atoms. The Balaban J connectivity index is 1.78. The molecule has 1 aromatic heterocycles. The van der Waals surface area contributed by atoms with Gasteiger partial charge >= 0.3 is 268 Å². The molecular weight excluding hydrogens is 599 g/mol. The molecule has 0 radical (unpaired) electrons. The van der Waals surface area contributed by atoms with E-state index >= 15 is 0 Å². The average molecular weight is 633 g/mol. The zero-order valence-electron chi connectivity index (χ0n) is 25.0. The van der Waals surface area contributed by atoms with E-state index in [4.69, 9.17) is 23.2 Å². The van der Waals surface area contributed by atoms with E-state index < -0.39 is 19.4 Å². The van der Waals surface area contributed by atoms with Crippen molar-refractivity contribution in [3.63, 3.8) is 0 Å². The van der Waals surface area contributed by atoms with Crippen molar-refractivity contribution in [3.05, 3.63) is 125 Å². The van der Waals surface area contributed by atoms with Crippen molar-refractivity contribution in [1.29, 1.82) is 5.41 Å². The molecular formula is C34H34Cl2N4OTi. The summed E-state index contributed by atoms with van der Waals surface area (Å²) in [6.07, 6.45) is 4.37. The molecule has 1 amide bonds. The van der Waals surface area contributed by atoms with Crippen molar-refractivity contribution < 1.29 is 24.2 Å². The molecule has 1 aliphatic rings. The normalized spacial score (nSPS) is 13.0. The van der Waals surface area contributed by atoms with Gasteiger partial charge < -0.3 is 0 Å². The van der Waals surface area contributed by atoms with Crippen LogP contribution in [0.5, 0.6) is 0 Å². The Kier molecular flexibility index (Phi) is 8.60. The van der Waals surface area contributed by atoms with Crippen molar-refractivity contribution in [2.75, 3.05) is 3.38 Å². The number of nitrogens with one attached hydrogen (secondary N) is 1. The molecule has 0 aliphatic heterocycles. The molecule has 0 saturated carbocycles. The Labute approximate surface area is 266 Å². The number of imidazole rings is 1. The third-order valence-corrected chi connectivity index (χ3v) is 10.9. The quantitative estimate of drug-likeness (QED) is 0.213. The van der Waals surface area contributed by atoms with Gasteiger partial charge in [0.2, 0.25) is 0 Å². The molecule has 1 N–H and O–H groups in total. The second-order valence-corrected chi connectivity index (χ2v) is 13.9. The van der Waals surface area contributed by atoms with Crippen LogP contribution in [0.3, 0.4) is 0 Å². The molecule has 1 heterocycles. The van der Waals surface area contributed by atoms with Crippen molar-refractivity contribution in [3.8, 4) is 11.4 Å². The number of carbonyl (C=O) groups is 1. The van der Waals surface area contributed by atoms with Gasteiger partial charge in [-0.25, -0.2) is 0 Å². The van der Waals surface area contributed by atoms with Crippen LogP contribution in [-0.2, 0) is 19.4 Å². The predicted octanol–water partition coefficient (Wildman–Crippen LogP) is 8.53. The van der Waals surface area contributed by atoms with Crippen LogP contribution < -0.4 is 9.00 Å². The molecule has 5 rings (SSSR count). The molecule has 42 heavy (non-hydrogen) atoms. The van der Waals surface area contributed by atoms with E-state index in [0.717, 1.165) is 59.9 Å². The van der Waals surface area contributed by atoms with Crippen molar-refractivity contribution in [2.45, 2.75) is 54.9 Å². The number of allylic oxidation sites excluding steroid dienone is 4. The maximum absolute atomic E-state index is 14.8. The second-order valence-electron chi connectivity index (χ2n) is 11.2. The fraction of sp³-hybridized carbons (Fsp3) is 0.235. The Morgan fingerprint density at radius 1 is 0.810 bits per heavy atom. The summed E-state index contributed by atoms with van der Waals surface area (Å²) in [6.45, 7) is 14.4. The molecule has 0 spiro atoms. The van der Waals surface area contributed by atoms with Crippen LogP contribution in [0, 0.1) is 53.9 Å². The summed E-state index contributed by atoms with van der Waals surface area (Å²) in [5.74, 6) is -0.173. The van der Waals surface area contributed by atoms with E-state index in [2.05, 4.69) is 52.0 Å². The molecule has 8 heteroatoms. The monoisotopic (exact) mass is 632 g/mol. The summed E-state index contributed by atoms with van der Waals surface area (Å²) in [4.78, 5) is 14.8. The van der Waals surface area contributed by atoms with Crippen LogP contribution in [-0.4, -0.2) is 15.0 Å². The zero-order chi connectivity index (χ0) is 30.5. The minimum atomic E-state index is -1.21. The first-order valence-electron chi connectivity index (χ1n) is 13.8. The summed E-state index contributed by atoms with van der Waals surface area (Å²) in [7, 11) is 0. The molecule has 0 saturated heterocycles. The van der Waals surface area contributed by atoms with E-state index in [1.165, 1.54) is 0 Å². The van der Waals surface area contributed by atoms with Crippen LogP contribution in [0.15, 0.2) is 74.7 Å². The Morgan fingerprint density at radius 3 is 1.83 bits per heavy atom. The number of carbonyl (C=O) groups excluding carboxylic acids is 1. The molecule has 0 unspecified atom stereocenters. The molecule has 0 atom stereocenters. The van der Waals surface area contributed by atoms with Crippen LogP contribution in [0.2, 0.25) is 0 Å². The Hall–Kier alpha value is -3.09. The van der Waals surface area contributed by atoms with Gasteiger partial charge in [0.25, 0.3) is 0 Å². The fourth-order valence-electron chi connectivity index (χ4n) is 5.87. The third-order valence-electron chi connectivity index (χ3n) is 7.59. The van der Waals surface area contributed by atoms with Gasteiger partial charge in [0.1, 0.15) is 0 Å². The molecule has 0 fully saturated rings. The minimum absolute atomic E-state index is 0.173. The van der Waals surface area contributed by atoms with Crippen LogP contribution in [0.1, 0.15) is 55.9 Å². The van der Waals surface area contributed by atoms with Gasteiger partial charge in [-0.1, -0.05) is 0 Å². The summed E-state index contributed by atoms with van der Waals surface area (Å²) in [5, 5.41) is 10.6. The number of aromatic nitrogens is 2. The SMILES string of the molecule is Cc1ccc([N]([Ti][C]2=C(Cl)C(Cl)=CC2)C(=O)c2cn(-c3c(C)cc(C)cc3C)c(=N)n2-c2c(C)cc(C)cc2C)cc1. The van der Waals surface area contributed by atoms with Gasteiger partial charge in [-0.05, 0) is 0 Å². The van der Waals surface area contributed by atoms with Gasteiger partial charge in [0.05, 0.1) is 0 Å². The number of halogens is 2. The first kappa shape index (κ1) is 30.4. The fourth-order valence-corrected chi connectivity index (χ4v) is 8.38. The molecule has 214 valence electrons. The number of aryl methyl sites for hydroxylation is 7. The molecule has 1 aliphatic carbocycles. The van der Waals surface area contributed by atoms with Gasteiger partial charge in [0, 0.05) is 0 Å². The van der Waals surface area contributed by atoms with Crippen molar-refractivity contribution in [2.24, 2.45) is 0 Å². The van der Waals surface area contributed by atoms with E-state index in [1.807, 2.05) is 69.8 Å². The average Bonchev–Trinajstić information content (AvgIpc) is 3.40. The van der Waals surface area contributed by atoms with E-state index in [-0.39, 0.29) is 11.5 Å². The Bertz CT molecular complexity index is 1820.